The zero-order chi connectivity index (χ0) is 8.39. The average Bonchev–Trinajstić information content (AvgIpc) is 2.47. The van der Waals surface area contributed by atoms with Crippen LogP contribution in [0.15, 0.2) is 29.4 Å². The van der Waals surface area contributed by atoms with Gasteiger partial charge in [0.05, 0.1) is 11.0 Å². The highest BCUT2D eigenvalue weighted by Gasteiger charge is 2.00. The van der Waals surface area contributed by atoms with Gasteiger partial charge in [0.25, 0.3) is 0 Å². The van der Waals surface area contributed by atoms with Gasteiger partial charge in [0.1, 0.15) is 5.94 Å². The second-order valence-corrected chi connectivity index (χ2v) is 3.23. The lowest BCUT2D eigenvalue weighted by atomic mass is 10.3. The molecule has 0 unspecified atom stereocenters. The zero-order valence-corrected chi connectivity index (χ0v) is 7.10. The molecular weight excluding hydrogens is 172 g/mol. The minimum absolute atomic E-state index is 0.195. The third-order valence-electron chi connectivity index (χ3n) is 1.56. The van der Waals surface area contributed by atoms with Crippen LogP contribution < -0.4 is 0 Å². The van der Waals surface area contributed by atoms with Crippen LogP contribution in [-0.4, -0.2) is 15.9 Å². The van der Waals surface area contributed by atoms with Crippen molar-refractivity contribution in [1.82, 2.24) is 9.97 Å². The predicted molar refractivity (Wildman–Crippen MR) is 47.5 cm³/mol. The molecule has 0 spiro atoms. The summed E-state index contributed by atoms with van der Waals surface area (Å²) in [5.41, 5.74) is 1.89. The molecule has 1 aromatic heterocycles. The van der Waals surface area contributed by atoms with Crippen molar-refractivity contribution in [2.75, 3.05) is 5.94 Å². The number of benzene rings is 1. The number of imidazole rings is 1. The van der Waals surface area contributed by atoms with Crippen LogP contribution in [0, 0.1) is 0 Å². The molecule has 1 heterocycles. The lowest BCUT2D eigenvalue weighted by molar-refractivity contribution is 0.260. The lowest BCUT2D eigenvalue weighted by Gasteiger charge is -1.84. The van der Waals surface area contributed by atoms with Crippen LogP contribution in [0.5, 0.6) is 0 Å². The SMILES string of the molecule is [O]CSc1nc2ccccc2[nH]1. The van der Waals surface area contributed by atoms with E-state index in [0.29, 0.717) is 5.16 Å². The van der Waals surface area contributed by atoms with Crippen molar-refractivity contribution < 1.29 is 5.11 Å². The van der Waals surface area contributed by atoms with Gasteiger partial charge >= 0.3 is 0 Å². The van der Waals surface area contributed by atoms with Crippen molar-refractivity contribution in [3.8, 4) is 0 Å². The van der Waals surface area contributed by atoms with E-state index in [2.05, 4.69) is 9.97 Å². The first-order valence-electron chi connectivity index (χ1n) is 3.56. The smallest absolute Gasteiger partial charge is 0.168 e. The van der Waals surface area contributed by atoms with E-state index < -0.39 is 0 Å². The molecule has 0 amide bonds. The summed E-state index contributed by atoms with van der Waals surface area (Å²) in [4.78, 5) is 7.26. The van der Waals surface area contributed by atoms with Crippen molar-refractivity contribution in [3.63, 3.8) is 0 Å². The van der Waals surface area contributed by atoms with E-state index in [4.69, 9.17) is 0 Å². The van der Waals surface area contributed by atoms with Gasteiger partial charge in [-0.2, -0.15) is 0 Å². The molecule has 2 aromatic rings. The number of nitrogens with zero attached hydrogens (tertiary/aromatic N) is 1. The zero-order valence-electron chi connectivity index (χ0n) is 6.28. The first-order chi connectivity index (χ1) is 5.90. The number of aromatic nitrogens is 2. The van der Waals surface area contributed by atoms with Crippen molar-refractivity contribution in [1.29, 1.82) is 0 Å². The number of fused-ring (bicyclic) bond motifs is 1. The van der Waals surface area contributed by atoms with Crippen LogP contribution in [0.4, 0.5) is 0 Å². The minimum atomic E-state index is -0.195. The van der Waals surface area contributed by atoms with Crippen molar-refractivity contribution in [2.24, 2.45) is 0 Å². The van der Waals surface area contributed by atoms with Gasteiger partial charge in [-0.05, 0) is 12.1 Å². The van der Waals surface area contributed by atoms with Gasteiger partial charge in [0.15, 0.2) is 5.16 Å². The van der Waals surface area contributed by atoms with Crippen molar-refractivity contribution in [2.45, 2.75) is 5.16 Å². The first-order valence-corrected chi connectivity index (χ1v) is 4.54. The van der Waals surface area contributed by atoms with Gasteiger partial charge in [-0.15, -0.1) is 0 Å². The standard InChI is InChI=1S/C8H7N2OS/c11-5-12-8-9-6-3-1-2-4-7(6)10-8/h1-4H,5H2,(H,9,10). The van der Waals surface area contributed by atoms with E-state index >= 15 is 0 Å². The molecular formula is C8H7N2OS. The van der Waals surface area contributed by atoms with Gasteiger partial charge in [-0.25, -0.2) is 10.1 Å². The van der Waals surface area contributed by atoms with E-state index in [1.165, 1.54) is 11.8 Å². The Kier molecular flexibility index (Phi) is 2.01. The molecule has 1 aromatic carbocycles. The number of rotatable bonds is 2. The number of hydrogen-bond donors (Lipinski definition) is 1. The van der Waals surface area contributed by atoms with Crippen LogP contribution in [0.25, 0.3) is 11.0 Å². The molecule has 4 heteroatoms. The summed E-state index contributed by atoms with van der Waals surface area (Å²) >= 11 is 1.18. The van der Waals surface area contributed by atoms with E-state index in [1.54, 1.807) is 0 Å². The molecule has 0 saturated carbocycles. The Balaban J connectivity index is 2.47. The predicted octanol–water partition coefficient (Wildman–Crippen LogP) is 2.04. The van der Waals surface area contributed by atoms with Gasteiger partial charge in [-0.1, -0.05) is 23.9 Å². The second kappa shape index (κ2) is 3.16. The number of aromatic amines is 1. The summed E-state index contributed by atoms with van der Waals surface area (Å²) in [6.45, 7) is 0. The maximum atomic E-state index is 10.3. The Morgan fingerprint density at radius 1 is 1.42 bits per heavy atom. The third-order valence-corrected chi connectivity index (χ3v) is 2.15. The fourth-order valence-electron chi connectivity index (χ4n) is 1.05. The van der Waals surface area contributed by atoms with Crippen LogP contribution in [0.3, 0.4) is 0 Å². The summed E-state index contributed by atoms with van der Waals surface area (Å²) in [7, 11) is 0. The van der Waals surface area contributed by atoms with Gasteiger partial charge in [0.2, 0.25) is 0 Å². The summed E-state index contributed by atoms with van der Waals surface area (Å²) < 4.78 is 0. The summed E-state index contributed by atoms with van der Waals surface area (Å²) in [5, 5.41) is 11.0. The van der Waals surface area contributed by atoms with Gasteiger partial charge in [0, 0.05) is 0 Å². The summed E-state index contributed by atoms with van der Waals surface area (Å²) in [6.07, 6.45) is 0. The largest absolute Gasteiger partial charge is 0.333 e. The Bertz CT molecular complexity index is 352. The fraction of sp³-hybridized carbons (Fsp3) is 0.125. The highest BCUT2D eigenvalue weighted by atomic mass is 32.2. The first kappa shape index (κ1) is 7.64. The van der Waals surface area contributed by atoms with Crippen LogP contribution >= 0.6 is 11.8 Å². The molecule has 0 bridgehead atoms. The highest BCUT2D eigenvalue weighted by molar-refractivity contribution is 7.98. The van der Waals surface area contributed by atoms with E-state index in [9.17, 15) is 5.11 Å². The van der Waals surface area contributed by atoms with Crippen LogP contribution in [0.1, 0.15) is 0 Å². The Labute approximate surface area is 73.8 Å². The van der Waals surface area contributed by atoms with Crippen molar-refractivity contribution >= 4 is 22.8 Å². The van der Waals surface area contributed by atoms with Crippen LogP contribution in [0.2, 0.25) is 0 Å². The molecule has 0 atom stereocenters. The average molecular weight is 179 g/mol. The second-order valence-electron chi connectivity index (χ2n) is 2.32. The molecule has 3 nitrogen and oxygen atoms in total. The topological polar surface area (TPSA) is 48.6 Å². The molecule has 0 aliphatic carbocycles. The summed E-state index contributed by atoms with van der Waals surface area (Å²) in [6, 6.07) is 7.72. The van der Waals surface area contributed by atoms with E-state index in [-0.39, 0.29) is 5.94 Å². The Morgan fingerprint density at radius 3 is 3.00 bits per heavy atom. The summed E-state index contributed by atoms with van der Waals surface area (Å²) in [5.74, 6) is -0.195. The Morgan fingerprint density at radius 2 is 2.25 bits per heavy atom. The fourth-order valence-corrected chi connectivity index (χ4v) is 1.51. The normalized spacial score (nSPS) is 10.8. The van der Waals surface area contributed by atoms with Crippen LogP contribution in [-0.2, 0) is 5.11 Å². The Hall–Kier alpha value is -1.00. The third kappa shape index (κ3) is 1.31. The molecule has 2 rings (SSSR count). The minimum Gasteiger partial charge on any atom is -0.333 e. The van der Waals surface area contributed by atoms with E-state index in [1.807, 2.05) is 24.3 Å². The molecule has 0 aliphatic heterocycles. The maximum Gasteiger partial charge on any atom is 0.168 e. The number of thioether (sulfide) groups is 1. The quantitative estimate of drug-likeness (QED) is 0.566. The van der Waals surface area contributed by atoms with E-state index in [0.717, 1.165) is 11.0 Å². The molecule has 0 aliphatic rings. The van der Waals surface area contributed by atoms with Crippen molar-refractivity contribution in [3.05, 3.63) is 24.3 Å². The molecule has 0 fully saturated rings. The molecule has 0 saturated heterocycles. The number of hydrogen-bond acceptors (Lipinski definition) is 2. The highest BCUT2D eigenvalue weighted by Crippen LogP contribution is 2.17. The molecule has 1 N–H and O–H groups in total. The van der Waals surface area contributed by atoms with Gasteiger partial charge < -0.3 is 4.98 Å². The maximum absolute atomic E-state index is 10.3. The molecule has 12 heavy (non-hydrogen) atoms. The number of H-pyrrole nitrogens is 1. The molecule has 61 valence electrons. The lowest BCUT2D eigenvalue weighted by Crippen LogP contribution is -1.74. The molecule has 1 radical (unpaired) electrons. The monoisotopic (exact) mass is 179 g/mol. The number of para-hydroxylation sites is 2. The van der Waals surface area contributed by atoms with Gasteiger partial charge in [-0.3, -0.25) is 0 Å². The number of nitrogens with one attached hydrogen (secondary N) is 1.